The number of hydrogen-bond acceptors (Lipinski definition) is 3. The highest BCUT2D eigenvalue weighted by atomic mass is 79.9. The molecule has 0 aliphatic heterocycles. The molecule has 1 unspecified atom stereocenters. The number of nitrogens with zero attached hydrogens (tertiary/aromatic N) is 1. The van der Waals surface area contributed by atoms with Crippen molar-refractivity contribution < 1.29 is 5.11 Å². The van der Waals surface area contributed by atoms with Gasteiger partial charge in [-0.1, -0.05) is 0 Å². The van der Waals surface area contributed by atoms with E-state index in [1.807, 2.05) is 13.0 Å². The summed E-state index contributed by atoms with van der Waals surface area (Å²) in [6.07, 6.45) is 6.67. The SMILES string of the molecule is CC(O)(CNC1CC1)Cc1cncc(Br)c1. The number of halogens is 1. The quantitative estimate of drug-likeness (QED) is 0.868. The predicted molar refractivity (Wildman–Crippen MR) is 67.3 cm³/mol. The van der Waals surface area contributed by atoms with Gasteiger partial charge in [0.05, 0.1) is 5.60 Å². The number of pyridine rings is 1. The summed E-state index contributed by atoms with van der Waals surface area (Å²) in [4.78, 5) is 4.10. The van der Waals surface area contributed by atoms with Crippen LogP contribution in [0.1, 0.15) is 25.3 Å². The lowest BCUT2D eigenvalue weighted by Crippen LogP contribution is -2.40. The van der Waals surface area contributed by atoms with Crippen LogP contribution in [0.4, 0.5) is 0 Å². The van der Waals surface area contributed by atoms with Crippen molar-refractivity contribution in [2.75, 3.05) is 6.54 Å². The Morgan fingerprint density at radius 3 is 2.94 bits per heavy atom. The largest absolute Gasteiger partial charge is 0.389 e. The number of aromatic nitrogens is 1. The van der Waals surface area contributed by atoms with Crippen LogP contribution in [-0.2, 0) is 6.42 Å². The Morgan fingerprint density at radius 2 is 2.31 bits per heavy atom. The molecule has 1 heterocycles. The highest BCUT2D eigenvalue weighted by Gasteiger charge is 2.26. The summed E-state index contributed by atoms with van der Waals surface area (Å²) in [6, 6.07) is 2.63. The molecule has 1 aliphatic rings. The first-order valence-electron chi connectivity index (χ1n) is 5.60. The maximum absolute atomic E-state index is 10.2. The van der Waals surface area contributed by atoms with E-state index in [0.29, 0.717) is 19.0 Å². The molecule has 0 saturated heterocycles. The van der Waals surface area contributed by atoms with Crippen LogP contribution in [0.2, 0.25) is 0 Å². The minimum atomic E-state index is -0.703. The van der Waals surface area contributed by atoms with E-state index in [9.17, 15) is 5.11 Å². The summed E-state index contributed by atoms with van der Waals surface area (Å²) in [5, 5.41) is 13.6. The van der Waals surface area contributed by atoms with Gasteiger partial charge in [0, 0.05) is 35.9 Å². The fourth-order valence-corrected chi connectivity index (χ4v) is 2.12. The Balaban J connectivity index is 1.90. The maximum atomic E-state index is 10.2. The zero-order valence-electron chi connectivity index (χ0n) is 9.41. The van der Waals surface area contributed by atoms with Gasteiger partial charge in [0.1, 0.15) is 0 Å². The summed E-state index contributed by atoms with van der Waals surface area (Å²) in [6.45, 7) is 2.51. The Morgan fingerprint density at radius 1 is 1.56 bits per heavy atom. The smallest absolute Gasteiger partial charge is 0.0784 e. The molecule has 1 aromatic heterocycles. The number of nitrogens with one attached hydrogen (secondary N) is 1. The molecule has 2 N–H and O–H groups in total. The minimum Gasteiger partial charge on any atom is -0.389 e. The molecule has 1 atom stereocenters. The van der Waals surface area contributed by atoms with Crippen LogP contribution >= 0.6 is 15.9 Å². The first kappa shape index (κ1) is 12.0. The average molecular weight is 285 g/mol. The van der Waals surface area contributed by atoms with Crippen LogP contribution in [-0.4, -0.2) is 28.3 Å². The molecular formula is C12H17BrN2O. The molecule has 1 aliphatic carbocycles. The molecule has 0 spiro atoms. The Kier molecular flexibility index (Phi) is 3.62. The fraction of sp³-hybridized carbons (Fsp3) is 0.583. The molecule has 1 saturated carbocycles. The zero-order valence-corrected chi connectivity index (χ0v) is 11.0. The van der Waals surface area contributed by atoms with Crippen molar-refractivity contribution >= 4 is 15.9 Å². The van der Waals surface area contributed by atoms with E-state index >= 15 is 0 Å². The molecular weight excluding hydrogens is 268 g/mol. The summed E-state index contributed by atoms with van der Waals surface area (Å²) < 4.78 is 0.955. The van der Waals surface area contributed by atoms with Gasteiger partial charge in [0.15, 0.2) is 0 Å². The second-order valence-electron chi connectivity index (χ2n) is 4.84. The van der Waals surface area contributed by atoms with Crippen LogP contribution in [0.15, 0.2) is 22.9 Å². The molecule has 88 valence electrons. The fourth-order valence-electron chi connectivity index (χ4n) is 1.71. The van der Waals surface area contributed by atoms with Gasteiger partial charge in [-0.3, -0.25) is 4.98 Å². The third-order valence-electron chi connectivity index (χ3n) is 2.70. The van der Waals surface area contributed by atoms with Crippen molar-refractivity contribution in [1.82, 2.24) is 10.3 Å². The van der Waals surface area contributed by atoms with Crippen molar-refractivity contribution in [1.29, 1.82) is 0 Å². The molecule has 0 aromatic carbocycles. The average Bonchev–Trinajstić information content (AvgIpc) is 2.97. The summed E-state index contributed by atoms with van der Waals surface area (Å²) in [5.74, 6) is 0. The molecule has 0 bridgehead atoms. The Labute approximate surface area is 104 Å². The Bertz CT molecular complexity index is 364. The van der Waals surface area contributed by atoms with Gasteiger partial charge < -0.3 is 10.4 Å². The van der Waals surface area contributed by atoms with Gasteiger partial charge >= 0.3 is 0 Å². The van der Waals surface area contributed by atoms with Gasteiger partial charge in [-0.25, -0.2) is 0 Å². The van der Waals surface area contributed by atoms with Crippen molar-refractivity contribution in [3.63, 3.8) is 0 Å². The first-order valence-corrected chi connectivity index (χ1v) is 6.40. The molecule has 4 heteroatoms. The van der Waals surface area contributed by atoms with Crippen LogP contribution < -0.4 is 5.32 Å². The van der Waals surface area contributed by atoms with Crippen LogP contribution in [0.5, 0.6) is 0 Å². The van der Waals surface area contributed by atoms with E-state index in [4.69, 9.17) is 0 Å². The monoisotopic (exact) mass is 284 g/mol. The van der Waals surface area contributed by atoms with Crippen molar-refractivity contribution in [3.05, 3.63) is 28.5 Å². The lowest BCUT2D eigenvalue weighted by molar-refractivity contribution is 0.0596. The lowest BCUT2D eigenvalue weighted by atomic mass is 9.97. The highest BCUT2D eigenvalue weighted by Crippen LogP contribution is 2.21. The minimum absolute atomic E-state index is 0.624. The summed E-state index contributed by atoms with van der Waals surface area (Å²) in [5.41, 5.74) is 0.349. The lowest BCUT2D eigenvalue weighted by Gasteiger charge is -2.23. The first-order chi connectivity index (χ1) is 7.55. The second kappa shape index (κ2) is 4.82. The molecule has 1 aromatic rings. The van der Waals surface area contributed by atoms with E-state index in [1.165, 1.54) is 12.8 Å². The Hall–Kier alpha value is -0.450. The molecule has 1 fully saturated rings. The van der Waals surface area contributed by atoms with Gasteiger partial charge in [0.2, 0.25) is 0 Å². The highest BCUT2D eigenvalue weighted by molar-refractivity contribution is 9.10. The predicted octanol–water partition coefficient (Wildman–Crippen LogP) is 1.89. The molecule has 0 amide bonds. The normalized spacial score (nSPS) is 19.4. The number of hydrogen-bond donors (Lipinski definition) is 2. The van der Waals surface area contributed by atoms with E-state index < -0.39 is 5.60 Å². The van der Waals surface area contributed by atoms with Crippen molar-refractivity contribution in [2.24, 2.45) is 0 Å². The molecule has 0 radical (unpaired) electrons. The van der Waals surface area contributed by atoms with Crippen molar-refractivity contribution in [2.45, 2.75) is 37.8 Å². The number of rotatable bonds is 5. The number of aliphatic hydroxyl groups is 1. The third-order valence-corrected chi connectivity index (χ3v) is 3.13. The van der Waals surface area contributed by atoms with Crippen LogP contribution in [0, 0.1) is 0 Å². The third kappa shape index (κ3) is 3.85. The molecule has 3 nitrogen and oxygen atoms in total. The summed E-state index contributed by atoms with van der Waals surface area (Å²) in [7, 11) is 0. The molecule has 16 heavy (non-hydrogen) atoms. The van der Waals surface area contributed by atoms with E-state index in [2.05, 4.69) is 26.2 Å². The zero-order chi connectivity index (χ0) is 11.6. The van der Waals surface area contributed by atoms with Crippen molar-refractivity contribution in [3.8, 4) is 0 Å². The van der Waals surface area contributed by atoms with Crippen LogP contribution in [0.3, 0.4) is 0 Å². The molecule has 2 rings (SSSR count). The van der Waals surface area contributed by atoms with E-state index in [1.54, 1.807) is 12.4 Å². The second-order valence-corrected chi connectivity index (χ2v) is 5.76. The van der Waals surface area contributed by atoms with E-state index in [0.717, 1.165) is 10.0 Å². The van der Waals surface area contributed by atoms with Gasteiger partial charge in [-0.15, -0.1) is 0 Å². The maximum Gasteiger partial charge on any atom is 0.0784 e. The topological polar surface area (TPSA) is 45.1 Å². The standard InChI is InChI=1S/C12H17BrN2O/c1-12(16,8-15-11-2-3-11)5-9-4-10(13)7-14-6-9/h4,6-7,11,15-16H,2-3,5,8H2,1H3. The summed E-state index contributed by atoms with van der Waals surface area (Å²) >= 11 is 3.38. The van der Waals surface area contributed by atoms with Gasteiger partial charge in [-0.2, -0.15) is 0 Å². The van der Waals surface area contributed by atoms with Gasteiger partial charge in [-0.05, 0) is 47.3 Å². The van der Waals surface area contributed by atoms with E-state index in [-0.39, 0.29) is 0 Å². The van der Waals surface area contributed by atoms with Gasteiger partial charge in [0.25, 0.3) is 0 Å². The van der Waals surface area contributed by atoms with Crippen LogP contribution in [0.25, 0.3) is 0 Å².